The molecule has 3 aromatic rings. The van der Waals surface area contributed by atoms with Crippen LogP contribution >= 0.6 is 15.9 Å². The molecule has 11 nitrogen and oxygen atoms in total. The number of aliphatic hydroxyl groups excluding tert-OH is 1. The lowest BCUT2D eigenvalue weighted by Gasteiger charge is -2.41. The molecule has 14 heteroatoms. The van der Waals surface area contributed by atoms with Crippen LogP contribution in [-0.2, 0) is 25.7 Å². The highest BCUT2D eigenvalue weighted by atomic mass is 79.9. The molecule has 0 saturated carbocycles. The second-order valence-corrected chi connectivity index (χ2v) is 13.3. The molecule has 1 heterocycles. The SMILES string of the molecule is CC(C)(C)[C@H](c1cc(-c2cc(F)ccc2F)cn1Cc1ccccc1)N(CC[C@H](N)C(=O)NCCCNC(=O)CNC(=O)CBr)C(=O)CO. The Hall–Kier alpha value is -4.14. The fraction of sp³-hybridized carbons (Fsp3) is 0.429. The summed E-state index contributed by atoms with van der Waals surface area (Å²) in [6.07, 6.45) is 2.21. The Morgan fingerprint density at radius 2 is 1.67 bits per heavy atom. The zero-order chi connectivity index (χ0) is 36.1. The molecule has 3 rings (SSSR count). The first-order valence-electron chi connectivity index (χ1n) is 16.0. The molecular formula is C35H45BrF2N6O5. The summed E-state index contributed by atoms with van der Waals surface area (Å²) in [5, 5.41) is 17.9. The van der Waals surface area contributed by atoms with E-state index >= 15 is 0 Å². The van der Waals surface area contributed by atoms with Gasteiger partial charge in [-0.3, -0.25) is 19.2 Å². The van der Waals surface area contributed by atoms with Crippen molar-refractivity contribution in [1.29, 1.82) is 0 Å². The zero-order valence-corrected chi connectivity index (χ0v) is 29.6. The van der Waals surface area contributed by atoms with E-state index < -0.39 is 47.6 Å². The van der Waals surface area contributed by atoms with Crippen molar-refractivity contribution < 1.29 is 33.1 Å². The van der Waals surface area contributed by atoms with Gasteiger partial charge in [-0.1, -0.05) is 67.0 Å². The highest BCUT2D eigenvalue weighted by molar-refractivity contribution is 9.09. The van der Waals surface area contributed by atoms with Crippen LogP contribution in [0.3, 0.4) is 0 Å². The fourth-order valence-electron chi connectivity index (χ4n) is 5.46. The van der Waals surface area contributed by atoms with Crippen LogP contribution in [0, 0.1) is 17.0 Å². The third-order valence-corrected chi connectivity index (χ3v) is 8.30. The summed E-state index contributed by atoms with van der Waals surface area (Å²) in [7, 11) is 0. The van der Waals surface area contributed by atoms with E-state index in [4.69, 9.17) is 5.73 Å². The number of aromatic nitrogens is 1. The molecule has 4 amide bonds. The number of carbonyl (C=O) groups excluding carboxylic acids is 4. The van der Waals surface area contributed by atoms with Crippen molar-refractivity contribution in [3.63, 3.8) is 0 Å². The van der Waals surface area contributed by atoms with E-state index in [1.807, 2.05) is 55.7 Å². The predicted molar refractivity (Wildman–Crippen MR) is 186 cm³/mol. The second-order valence-electron chi connectivity index (χ2n) is 12.7. The third kappa shape index (κ3) is 11.8. The van der Waals surface area contributed by atoms with Gasteiger partial charge in [-0.2, -0.15) is 0 Å². The second kappa shape index (κ2) is 18.6. The van der Waals surface area contributed by atoms with E-state index in [0.717, 1.165) is 23.8 Å². The summed E-state index contributed by atoms with van der Waals surface area (Å²) in [5.74, 6) is -2.89. The topological polar surface area (TPSA) is 159 Å². The van der Waals surface area contributed by atoms with Gasteiger partial charge < -0.3 is 36.3 Å². The average molecular weight is 748 g/mol. The van der Waals surface area contributed by atoms with Crippen molar-refractivity contribution in [3.05, 3.63) is 83.7 Å². The van der Waals surface area contributed by atoms with Crippen molar-refractivity contribution >= 4 is 39.6 Å². The number of amides is 4. The van der Waals surface area contributed by atoms with Gasteiger partial charge in [0.25, 0.3) is 0 Å². The van der Waals surface area contributed by atoms with E-state index in [1.54, 1.807) is 12.3 Å². The summed E-state index contributed by atoms with van der Waals surface area (Å²) >= 11 is 3.00. The number of benzene rings is 2. The number of aliphatic hydroxyl groups is 1. The van der Waals surface area contributed by atoms with Gasteiger partial charge in [0, 0.05) is 49.2 Å². The molecular weight excluding hydrogens is 702 g/mol. The van der Waals surface area contributed by atoms with E-state index in [0.29, 0.717) is 24.2 Å². The quantitative estimate of drug-likeness (QED) is 0.105. The monoisotopic (exact) mass is 746 g/mol. The molecule has 0 spiro atoms. The van der Waals surface area contributed by atoms with Crippen molar-refractivity contribution in [2.24, 2.45) is 11.1 Å². The van der Waals surface area contributed by atoms with Gasteiger partial charge in [0.2, 0.25) is 23.6 Å². The molecule has 6 N–H and O–H groups in total. The molecule has 0 bridgehead atoms. The number of nitrogens with one attached hydrogen (secondary N) is 3. The van der Waals surface area contributed by atoms with Gasteiger partial charge in [0.15, 0.2) is 0 Å². The number of hydrogen-bond donors (Lipinski definition) is 5. The molecule has 49 heavy (non-hydrogen) atoms. The minimum Gasteiger partial charge on any atom is -0.387 e. The number of nitrogens with zero attached hydrogens (tertiary/aromatic N) is 2. The maximum absolute atomic E-state index is 15.0. The van der Waals surface area contributed by atoms with Gasteiger partial charge >= 0.3 is 0 Å². The molecule has 1 aromatic heterocycles. The molecule has 266 valence electrons. The lowest BCUT2D eigenvalue weighted by Crippen LogP contribution is -2.47. The first-order valence-corrected chi connectivity index (χ1v) is 17.1. The first-order chi connectivity index (χ1) is 23.2. The van der Waals surface area contributed by atoms with Crippen LogP contribution in [-0.4, -0.2) is 82.4 Å². The summed E-state index contributed by atoms with van der Waals surface area (Å²) in [6.45, 7) is 5.74. The fourth-order valence-corrected chi connectivity index (χ4v) is 5.66. The molecule has 0 aliphatic rings. The lowest BCUT2D eigenvalue weighted by molar-refractivity contribution is -0.140. The summed E-state index contributed by atoms with van der Waals surface area (Å²) in [6, 6.07) is 12.9. The largest absolute Gasteiger partial charge is 0.387 e. The van der Waals surface area contributed by atoms with E-state index in [1.165, 1.54) is 4.90 Å². The number of halogens is 3. The minimum atomic E-state index is -0.989. The van der Waals surface area contributed by atoms with E-state index in [2.05, 4.69) is 31.9 Å². The van der Waals surface area contributed by atoms with Crippen molar-refractivity contribution in [1.82, 2.24) is 25.4 Å². The van der Waals surface area contributed by atoms with E-state index in [-0.39, 0.29) is 55.3 Å². The van der Waals surface area contributed by atoms with Gasteiger partial charge in [-0.15, -0.1) is 0 Å². The summed E-state index contributed by atoms with van der Waals surface area (Å²) in [4.78, 5) is 50.7. The highest BCUT2D eigenvalue weighted by Crippen LogP contribution is 2.41. The molecule has 2 aromatic carbocycles. The first kappa shape index (κ1) is 39.3. The van der Waals surface area contributed by atoms with Crippen LogP contribution in [0.1, 0.15) is 50.9 Å². The molecule has 0 aliphatic carbocycles. The molecule has 2 atom stereocenters. The number of carbonyl (C=O) groups is 4. The smallest absolute Gasteiger partial charge is 0.248 e. The van der Waals surface area contributed by atoms with Crippen molar-refractivity contribution in [2.75, 3.05) is 38.1 Å². The Kier molecular flexibility index (Phi) is 14.9. The van der Waals surface area contributed by atoms with Crippen molar-refractivity contribution in [3.8, 4) is 11.1 Å². The standard InChI is InChI=1S/C35H45BrF2N6O5/c1-35(2,3)33(29-16-24(26-17-25(37)10-11-27(26)38)21-43(29)20-23-8-5-4-6-9-23)44(32(48)22-45)15-12-28(39)34(49)41-14-7-13-40-31(47)19-42-30(46)18-36/h4-6,8-11,16-17,21,28,33,45H,7,12-15,18-20,22,39H2,1-3H3,(H,40,47)(H,41,49)(H,42,46)/t28-,33-/m0/s1. The van der Waals surface area contributed by atoms with Gasteiger partial charge in [0.1, 0.15) is 18.2 Å². The Morgan fingerprint density at radius 1 is 0.980 bits per heavy atom. The van der Waals surface area contributed by atoms with Gasteiger partial charge in [-0.25, -0.2) is 8.78 Å². The average Bonchev–Trinajstić information content (AvgIpc) is 3.47. The Bertz CT molecular complexity index is 1580. The highest BCUT2D eigenvalue weighted by Gasteiger charge is 2.37. The lowest BCUT2D eigenvalue weighted by atomic mass is 9.82. The minimum absolute atomic E-state index is 0.0201. The van der Waals surface area contributed by atoms with Crippen LogP contribution in [0.25, 0.3) is 11.1 Å². The Labute approximate surface area is 293 Å². The number of nitrogens with two attached hydrogens (primary N) is 1. The van der Waals surface area contributed by atoms with Crippen LogP contribution in [0.15, 0.2) is 60.8 Å². The number of hydrogen-bond acceptors (Lipinski definition) is 6. The third-order valence-electron chi connectivity index (χ3n) is 7.79. The number of rotatable bonds is 17. The van der Waals surface area contributed by atoms with Crippen LogP contribution in [0.4, 0.5) is 8.78 Å². The zero-order valence-electron chi connectivity index (χ0n) is 28.0. The van der Waals surface area contributed by atoms with Gasteiger partial charge in [0.05, 0.1) is 24.0 Å². The molecule has 0 saturated heterocycles. The normalized spacial score (nSPS) is 12.6. The molecule has 0 aliphatic heterocycles. The van der Waals surface area contributed by atoms with E-state index in [9.17, 15) is 33.1 Å². The molecule has 0 radical (unpaired) electrons. The van der Waals surface area contributed by atoms with Gasteiger partial charge in [-0.05, 0) is 48.1 Å². The Morgan fingerprint density at radius 3 is 2.33 bits per heavy atom. The van der Waals surface area contributed by atoms with Crippen molar-refractivity contribution in [2.45, 2.75) is 52.2 Å². The maximum atomic E-state index is 15.0. The molecule has 0 fully saturated rings. The predicted octanol–water partition coefficient (Wildman–Crippen LogP) is 3.24. The summed E-state index contributed by atoms with van der Waals surface area (Å²) in [5.41, 5.74) is 7.67. The van der Waals surface area contributed by atoms with Crippen LogP contribution in [0.2, 0.25) is 0 Å². The number of alkyl halides is 1. The van der Waals surface area contributed by atoms with Crippen LogP contribution < -0.4 is 21.7 Å². The Balaban J connectivity index is 1.79. The van der Waals surface area contributed by atoms with Crippen LogP contribution in [0.5, 0.6) is 0 Å². The summed E-state index contributed by atoms with van der Waals surface area (Å²) < 4.78 is 31.1. The molecule has 0 unspecified atom stereocenters. The maximum Gasteiger partial charge on any atom is 0.248 e.